The van der Waals surface area contributed by atoms with Crippen molar-refractivity contribution in [3.05, 3.63) is 28.5 Å². The van der Waals surface area contributed by atoms with Crippen LogP contribution in [-0.2, 0) is 16.6 Å². The number of nitrogens with zero attached hydrogens (tertiary/aromatic N) is 1. The lowest BCUT2D eigenvalue weighted by atomic mass is 10.2. The van der Waals surface area contributed by atoms with Crippen LogP contribution in [0.1, 0.15) is 32.3 Å². The molecule has 0 fully saturated rings. The Hall–Kier alpha value is -0.690. The molecule has 20 heavy (non-hydrogen) atoms. The quantitative estimate of drug-likeness (QED) is 0.839. The van der Waals surface area contributed by atoms with Gasteiger partial charge in [-0.1, -0.05) is 31.9 Å². The summed E-state index contributed by atoms with van der Waals surface area (Å²) in [4.78, 5) is -0.400. The molecule has 2 N–H and O–H groups in total. The smallest absolute Gasteiger partial charge is 0.246 e. The van der Waals surface area contributed by atoms with Crippen LogP contribution in [0.4, 0.5) is 4.39 Å². The Labute approximate surface area is 124 Å². The number of halogens is 2. The number of benzene rings is 1. The molecular formula is C13H20ClFN2O2S. The van der Waals surface area contributed by atoms with E-state index in [0.29, 0.717) is 6.54 Å². The second-order valence-electron chi connectivity index (χ2n) is 4.43. The first-order valence-corrected chi connectivity index (χ1v) is 8.38. The summed E-state index contributed by atoms with van der Waals surface area (Å²) in [5, 5.41) is 0.164. The van der Waals surface area contributed by atoms with Crippen molar-refractivity contribution in [2.24, 2.45) is 5.73 Å². The number of unbranched alkanes of at least 4 members (excludes halogenated alkanes) is 1. The van der Waals surface area contributed by atoms with E-state index in [0.717, 1.165) is 18.9 Å². The molecule has 1 rings (SSSR count). The standard InChI is InChI=1S/C13H20ClFN2O2S/c1-3-5-6-17(4-2)20(18,19)12-8-11(14)7-10(9-16)13(12)15/h7-8H,3-6,9,16H2,1-2H3. The fourth-order valence-electron chi connectivity index (χ4n) is 1.88. The average molecular weight is 323 g/mol. The Morgan fingerprint density at radius 3 is 2.50 bits per heavy atom. The van der Waals surface area contributed by atoms with Crippen LogP contribution < -0.4 is 5.73 Å². The summed E-state index contributed by atoms with van der Waals surface area (Å²) in [5.74, 6) is -0.813. The topological polar surface area (TPSA) is 63.4 Å². The average Bonchev–Trinajstić information content (AvgIpc) is 2.41. The van der Waals surface area contributed by atoms with Crippen LogP contribution >= 0.6 is 11.6 Å². The molecule has 1 aromatic rings. The molecule has 0 unspecified atom stereocenters. The summed E-state index contributed by atoms with van der Waals surface area (Å²) in [6, 6.07) is 2.48. The van der Waals surface area contributed by atoms with Crippen molar-refractivity contribution >= 4 is 21.6 Å². The molecule has 0 amide bonds. The predicted octanol–water partition coefficient (Wildman–Crippen LogP) is 2.75. The first-order chi connectivity index (χ1) is 9.38. The first-order valence-electron chi connectivity index (χ1n) is 6.56. The second kappa shape index (κ2) is 7.36. The molecule has 0 aliphatic carbocycles. The molecule has 114 valence electrons. The second-order valence-corrected chi connectivity index (χ2v) is 6.77. The Morgan fingerprint density at radius 1 is 1.35 bits per heavy atom. The predicted molar refractivity (Wildman–Crippen MR) is 78.6 cm³/mol. The largest absolute Gasteiger partial charge is 0.326 e. The lowest BCUT2D eigenvalue weighted by Crippen LogP contribution is -2.32. The van der Waals surface area contributed by atoms with Gasteiger partial charge in [-0.25, -0.2) is 12.8 Å². The van der Waals surface area contributed by atoms with Crippen LogP contribution in [0.15, 0.2) is 17.0 Å². The van der Waals surface area contributed by atoms with Crippen LogP contribution in [-0.4, -0.2) is 25.8 Å². The molecule has 0 bridgehead atoms. The zero-order valence-corrected chi connectivity index (χ0v) is 13.3. The van der Waals surface area contributed by atoms with Gasteiger partial charge in [-0.3, -0.25) is 0 Å². The molecule has 0 spiro atoms. The van der Waals surface area contributed by atoms with E-state index in [9.17, 15) is 12.8 Å². The Balaban J connectivity index is 3.30. The molecule has 0 aromatic heterocycles. The minimum atomic E-state index is -3.89. The van der Waals surface area contributed by atoms with Crippen LogP contribution in [0.3, 0.4) is 0 Å². The molecule has 0 aliphatic heterocycles. The molecule has 4 nitrogen and oxygen atoms in total. The van der Waals surface area contributed by atoms with Crippen LogP contribution in [0, 0.1) is 5.82 Å². The Kier molecular flexibility index (Phi) is 6.39. The summed E-state index contributed by atoms with van der Waals surface area (Å²) < 4.78 is 40.5. The van der Waals surface area contributed by atoms with Crippen molar-refractivity contribution < 1.29 is 12.8 Å². The third-order valence-corrected chi connectivity index (χ3v) is 5.22. The molecule has 0 radical (unpaired) electrons. The van der Waals surface area contributed by atoms with E-state index in [4.69, 9.17) is 17.3 Å². The number of hydrogen-bond donors (Lipinski definition) is 1. The highest BCUT2D eigenvalue weighted by molar-refractivity contribution is 7.89. The molecule has 7 heteroatoms. The van der Waals surface area contributed by atoms with Gasteiger partial charge in [0.05, 0.1) is 0 Å². The highest BCUT2D eigenvalue weighted by atomic mass is 35.5. The summed E-state index contributed by atoms with van der Waals surface area (Å²) in [7, 11) is -3.89. The maximum Gasteiger partial charge on any atom is 0.246 e. The highest BCUT2D eigenvalue weighted by Crippen LogP contribution is 2.26. The van der Waals surface area contributed by atoms with Gasteiger partial charge < -0.3 is 5.73 Å². The summed E-state index contributed by atoms with van der Waals surface area (Å²) in [6.45, 7) is 4.23. The number of rotatable bonds is 7. The third kappa shape index (κ3) is 3.69. The van der Waals surface area contributed by atoms with Crippen molar-refractivity contribution in [3.8, 4) is 0 Å². The molecule has 0 saturated heterocycles. The van der Waals surface area contributed by atoms with Gasteiger partial charge in [0, 0.05) is 30.2 Å². The van der Waals surface area contributed by atoms with Crippen molar-refractivity contribution in [1.29, 1.82) is 0 Å². The molecule has 0 saturated carbocycles. The van der Waals surface area contributed by atoms with E-state index in [1.165, 1.54) is 10.4 Å². The van der Waals surface area contributed by atoms with Crippen molar-refractivity contribution in [3.63, 3.8) is 0 Å². The number of hydrogen-bond acceptors (Lipinski definition) is 3. The van der Waals surface area contributed by atoms with E-state index in [1.807, 2.05) is 6.92 Å². The van der Waals surface area contributed by atoms with Crippen molar-refractivity contribution in [2.75, 3.05) is 13.1 Å². The third-order valence-electron chi connectivity index (χ3n) is 3.03. The van der Waals surface area contributed by atoms with Gasteiger partial charge in [-0.2, -0.15) is 4.31 Å². The highest BCUT2D eigenvalue weighted by Gasteiger charge is 2.27. The van der Waals surface area contributed by atoms with E-state index in [1.54, 1.807) is 6.92 Å². The fourth-order valence-corrected chi connectivity index (χ4v) is 3.80. The maximum atomic E-state index is 14.2. The normalized spacial score (nSPS) is 12.1. The lowest BCUT2D eigenvalue weighted by Gasteiger charge is -2.21. The first kappa shape index (κ1) is 17.4. The van der Waals surface area contributed by atoms with E-state index in [-0.39, 0.29) is 23.7 Å². The minimum absolute atomic E-state index is 0.0996. The van der Waals surface area contributed by atoms with E-state index >= 15 is 0 Å². The minimum Gasteiger partial charge on any atom is -0.326 e. The molecule has 0 atom stereocenters. The van der Waals surface area contributed by atoms with Crippen LogP contribution in [0.5, 0.6) is 0 Å². The SMILES string of the molecule is CCCCN(CC)S(=O)(=O)c1cc(Cl)cc(CN)c1F. The van der Waals surface area contributed by atoms with Gasteiger partial charge in [-0.15, -0.1) is 0 Å². The molecule has 1 aromatic carbocycles. The van der Waals surface area contributed by atoms with Crippen molar-refractivity contribution in [2.45, 2.75) is 38.1 Å². The summed E-state index contributed by atoms with van der Waals surface area (Å²) >= 11 is 5.85. The molecule has 0 aliphatic rings. The van der Waals surface area contributed by atoms with E-state index in [2.05, 4.69) is 0 Å². The van der Waals surface area contributed by atoms with E-state index < -0.39 is 20.7 Å². The van der Waals surface area contributed by atoms with Gasteiger partial charge in [0.25, 0.3) is 0 Å². The number of nitrogens with two attached hydrogens (primary N) is 1. The fraction of sp³-hybridized carbons (Fsp3) is 0.538. The zero-order chi connectivity index (χ0) is 15.3. The van der Waals surface area contributed by atoms with Crippen LogP contribution in [0.25, 0.3) is 0 Å². The molecule has 0 heterocycles. The van der Waals surface area contributed by atoms with Gasteiger partial charge in [0.15, 0.2) is 0 Å². The maximum absolute atomic E-state index is 14.2. The Bertz CT molecular complexity index is 564. The van der Waals surface area contributed by atoms with Gasteiger partial charge in [0.2, 0.25) is 10.0 Å². The van der Waals surface area contributed by atoms with Gasteiger partial charge in [-0.05, 0) is 18.6 Å². The number of sulfonamides is 1. The summed E-state index contributed by atoms with van der Waals surface area (Å²) in [5.41, 5.74) is 5.51. The van der Waals surface area contributed by atoms with Gasteiger partial charge in [0.1, 0.15) is 10.7 Å². The zero-order valence-electron chi connectivity index (χ0n) is 11.7. The lowest BCUT2D eigenvalue weighted by molar-refractivity contribution is 0.414. The monoisotopic (exact) mass is 322 g/mol. The summed E-state index contributed by atoms with van der Waals surface area (Å²) in [6.07, 6.45) is 1.58. The van der Waals surface area contributed by atoms with Crippen molar-refractivity contribution in [1.82, 2.24) is 4.31 Å². The van der Waals surface area contributed by atoms with Crippen LogP contribution in [0.2, 0.25) is 5.02 Å². The Morgan fingerprint density at radius 2 is 2.00 bits per heavy atom. The van der Waals surface area contributed by atoms with Gasteiger partial charge >= 0.3 is 0 Å². The molecular weight excluding hydrogens is 303 g/mol.